The quantitative estimate of drug-likeness (QED) is 0.878. The Morgan fingerprint density at radius 2 is 2.00 bits per heavy atom. The molecule has 3 rings (SSSR count). The minimum absolute atomic E-state index is 0.199. The fourth-order valence-electron chi connectivity index (χ4n) is 3.18. The van der Waals surface area contributed by atoms with Gasteiger partial charge in [0, 0.05) is 19.6 Å². The topological polar surface area (TPSA) is 32.3 Å². The normalized spacial score (nSPS) is 21.8. The van der Waals surface area contributed by atoms with Crippen LogP contribution in [0.25, 0.3) is 0 Å². The Labute approximate surface area is 115 Å². The van der Waals surface area contributed by atoms with Crippen LogP contribution in [-0.4, -0.2) is 37.0 Å². The number of hydrogen-bond acceptors (Lipinski definition) is 2. The summed E-state index contributed by atoms with van der Waals surface area (Å²) in [6.45, 7) is 5.83. The third-order valence-corrected chi connectivity index (χ3v) is 4.45. The van der Waals surface area contributed by atoms with Crippen LogP contribution in [-0.2, 0) is 10.2 Å². The summed E-state index contributed by atoms with van der Waals surface area (Å²) in [5.41, 5.74) is 2.30. The summed E-state index contributed by atoms with van der Waals surface area (Å²) in [7, 11) is 0. The molecule has 0 unspecified atom stereocenters. The van der Waals surface area contributed by atoms with Crippen molar-refractivity contribution in [2.45, 2.75) is 31.6 Å². The molecule has 0 aromatic heterocycles. The largest absolute Gasteiger partial charge is 0.341 e. The van der Waals surface area contributed by atoms with Crippen LogP contribution < -0.4 is 5.32 Å². The predicted molar refractivity (Wildman–Crippen MR) is 76.2 cm³/mol. The van der Waals surface area contributed by atoms with Gasteiger partial charge in [-0.3, -0.25) is 4.79 Å². The Hall–Kier alpha value is -1.35. The smallest absolute Gasteiger partial charge is 0.233 e. The van der Waals surface area contributed by atoms with E-state index in [1.54, 1.807) is 0 Å². The molecule has 3 nitrogen and oxygen atoms in total. The second kappa shape index (κ2) is 4.97. The van der Waals surface area contributed by atoms with Gasteiger partial charge in [-0.15, -0.1) is 0 Å². The maximum Gasteiger partial charge on any atom is 0.233 e. The molecule has 0 atom stereocenters. The van der Waals surface area contributed by atoms with Crippen LogP contribution in [0.4, 0.5) is 0 Å². The first-order valence-corrected chi connectivity index (χ1v) is 7.30. The Kier molecular flexibility index (Phi) is 3.31. The molecule has 1 aliphatic heterocycles. The van der Waals surface area contributed by atoms with Gasteiger partial charge in [-0.25, -0.2) is 0 Å². The minimum Gasteiger partial charge on any atom is -0.341 e. The van der Waals surface area contributed by atoms with E-state index in [2.05, 4.69) is 41.4 Å². The van der Waals surface area contributed by atoms with Gasteiger partial charge in [-0.1, -0.05) is 24.3 Å². The van der Waals surface area contributed by atoms with Gasteiger partial charge in [-0.2, -0.15) is 0 Å². The van der Waals surface area contributed by atoms with Crippen LogP contribution in [0.2, 0.25) is 0 Å². The molecule has 1 heterocycles. The fourth-order valence-corrected chi connectivity index (χ4v) is 3.18. The van der Waals surface area contributed by atoms with Crippen LogP contribution in [0.5, 0.6) is 0 Å². The van der Waals surface area contributed by atoms with Crippen molar-refractivity contribution in [3.05, 3.63) is 35.4 Å². The van der Waals surface area contributed by atoms with Crippen LogP contribution in [0.15, 0.2) is 24.3 Å². The van der Waals surface area contributed by atoms with Crippen molar-refractivity contribution in [1.29, 1.82) is 0 Å². The molecule has 0 radical (unpaired) electrons. The first kappa shape index (κ1) is 12.7. The van der Waals surface area contributed by atoms with Crippen molar-refractivity contribution < 1.29 is 4.79 Å². The highest BCUT2D eigenvalue weighted by molar-refractivity contribution is 5.91. The molecule has 2 fully saturated rings. The molecular formula is C16H22N2O. The molecule has 0 spiro atoms. The van der Waals surface area contributed by atoms with E-state index in [0.717, 1.165) is 45.4 Å². The SMILES string of the molecule is Cc1ccccc1C1(C(=O)N2CCCNCC2)CC1. The van der Waals surface area contributed by atoms with Crippen LogP contribution >= 0.6 is 0 Å². The molecule has 1 amide bonds. The van der Waals surface area contributed by atoms with Crippen molar-refractivity contribution in [2.75, 3.05) is 26.2 Å². The van der Waals surface area contributed by atoms with Crippen molar-refractivity contribution in [3.8, 4) is 0 Å². The summed E-state index contributed by atoms with van der Waals surface area (Å²) >= 11 is 0. The molecule has 1 aromatic rings. The minimum atomic E-state index is -0.199. The van der Waals surface area contributed by atoms with E-state index in [9.17, 15) is 4.79 Å². The lowest BCUT2D eigenvalue weighted by Gasteiger charge is -2.27. The van der Waals surface area contributed by atoms with Gasteiger partial charge in [-0.05, 0) is 43.9 Å². The zero-order valence-electron chi connectivity index (χ0n) is 11.6. The highest BCUT2D eigenvalue weighted by Gasteiger charge is 2.53. The monoisotopic (exact) mass is 258 g/mol. The zero-order chi connectivity index (χ0) is 13.3. The highest BCUT2D eigenvalue weighted by atomic mass is 16.2. The summed E-state index contributed by atoms with van der Waals surface area (Å²) in [4.78, 5) is 15.0. The molecule has 3 heteroatoms. The number of carbonyl (C=O) groups excluding carboxylic acids is 1. The third-order valence-electron chi connectivity index (χ3n) is 4.45. The van der Waals surface area contributed by atoms with Gasteiger partial charge >= 0.3 is 0 Å². The van der Waals surface area contributed by atoms with Gasteiger partial charge in [0.2, 0.25) is 5.91 Å². The van der Waals surface area contributed by atoms with Gasteiger partial charge < -0.3 is 10.2 Å². The van der Waals surface area contributed by atoms with E-state index >= 15 is 0 Å². The van der Waals surface area contributed by atoms with E-state index in [-0.39, 0.29) is 5.41 Å². The average Bonchev–Trinajstić information content (AvgIpc) is 3.24. The lowest BCUT2D eigenvalue weighted by molar-refractivity contribution is -0.133. The van der Waals surface area contributed by atoms with Crippen LogP contribution in [0.3, 0.4) is 0 Å². The van der Waals surface area contributed by atoms with E-state index < -0.39 is 0 Å². The Morgan fingerprint density at radius 3 is 2.74 bits per heavy atom. The maximum absolute atomic E-state index is 12.9. The molecule has 1 saturated heterocycles. The number of nitrogens with one attached hydrogen (secondary N) is 1. The molecule has 1 saturated carbocycles. The average molecular weight is 258 g/mol. The lowest BCUT2D eigenvalue weighted by Crippen LogP contribution is -2.41. The number of aryl methyl sites for hydroxylation is 1. The Morgan fingerprint density at radius 1 is 1.21 bits per heavy atom. The molecule has 102 valence electrons. The van der Waals surface area contributed by atoms with Crippen LogP contribution in [0, 0.1) is 6.92 Å². The second-order valence-electron chi connectivity index (χ2n) is 5.79. The summed E-state index contributed by atoms with van der Waals surface area (Å²) < 4.78 is 0. The van der Waals surface area contributed by atoms with E-state index in [1.807, 2.05) is 0 Å². The zero-order valence-corrected chi connectivity index (χ0v) is 11.6. The summed E-state index contributed by atoms with van der Waals surface area (Å²) in [6.07, 6.45) is 3.09. The number of hydrogen-bond donors (Lipinski definition) is 1. The molecule has 2 aliphatic rings. The molecule has 0 bridgehead atoms. The predicted octanol–water partition coefficient (Wildman–Crippen LogP) is 1.85. The highest BCUT2D eigenvalue weighted by Crippen LogP contribution is 2.50. The third kappa shape index (κ3) is 2.27. The molecule has 1 aliphatic carbocycles. The number of amides is 1. The summed E-state index contributed by atoms with van der Waals surface area (Å²) in [6, 6.07) is 8.36. The van der Waals surface area contributed by atoms with Crippen molar-refractivity contribution in [2.24, 2.45) is 0 Å². The van der Waals surface area contributed by atoms with E-state index in [0.29, 0.717) is 5.91 Å². The van der Waals surface area contributed by atoms with Gasteiger partial charge in [0.25, 0.3) is 0 Å². The molecule has 1 aromatic carbocycles. The Balaban J connectivity index is 1.84. The lowest BCUT2D eigenvalue weighted by atomic mass is 9.90. The first-order chi connectivity index (χ1) is 9.24. The summed E-state index contributed by atoms with van der Waals surface area (Å²) in [5.74, 6) is 0.352. The molecule has 19 heavy (non-hydrogen) atoms. The van der Waals surface area contributed by atoms with Gasteiger partial charge in [0.1, 0.15) is 0 Å². The fraction of sp³-hybridized carbons (Fsp3) is 0.562. The van der Waals surface area contributed by atoms with Gasteiger partial charge in [0.15, 0.2) is 0 Å². The number of carbonyl (C=O) groups is 1. The van der Waals surface area contributed by atoms with Crippen molar-refractivity contribution in [1.82, 2.24) is 10.2 Å². The standard InChI is InChI=1S/C16H22N2O/c1-13-5-2-3-6-14(13)16(7-8-16)15(19)18-11-4-9-17-10-12-18/h2-3,5-6,17H,4,7-12H2,1H3. The van der Waals surface area contributed by atoms with Crippen molar-refractivity contribution >= 4 is 5.91 Å². The van der Waals surface area contributed by atoms with Crippen molar-refractivity contribution in [3.63, 3.8) is 0 Å². The maximum atomic E-state index is 12.9. The van der Waals surface area contributed by atoms with E-state index in [4.69, 9.17) is 0 Å². The number of rotatable bonds is 2. The molecular weight excluding hydrogens is 236 g/mol. The summed E-state index contributed by atoms with van der Waals surface area (Å²) in [5, 5.41) is 3.36. The molecule has 1 N–H and O–H groups in total. The van der Waals surface area contributed by atoms with E-state index in [1.165, 1.54) is 11.1 Å². The van der Waals surface area contributed by atoms with Crippen LogP contribution in [0.1, 0.15) is 30.4 Å². The first-order valence-electron chi connectivity index (χ1n) is 7.30. The Bertz CT molecular complexity index is 471. The second-order valence-corrected chi connectivity index (χ2v) is 5.79. The van der Waals surface area contributed by atoms with Gasteiger partial charge in [0.05, 0.1) is 5.41 Å². The number of benzene rings is 1. The number of nitrogens with zero attached hydrogens (tertiary/aromatic N) is 1.